The van der Waals surface area contributed by atoms with E-state index in [1.807, 2.05) is 12.1 Å². The van der Waals surface area contributed by atoms with Gasteiger partial charge in [0.15, 0.2) is 0 Å². The van der Waals surface area contributed by atoms with Crippen molar-refractivity contribution < 1.29 is 0 Å². The summed E-state index contributed by atoms with van der Waals surface area (Å²) in [6.45, 7) is 4.48. The van der Waals surface area contributed by atoms with E-state index in [9.17, 15) is 0 Å². The minimum atomic E-state index is 0.393. The third-order valence-corrected chi connectivity index (χ3v) is 3.74. The van der Waals surface area contributed by atoms with Crippen LogP contribution in [0.5, 0.6) is 0 Å². The average Bonchev–Trinajstić information content (AvgIpc) is 2.24. The van der Waals surface area contributed by atoms with Crippen LogP contribution in [-0.2, 0) is 0 Å². The van der Waals surface area contributed by atoms with Gasteiger partial charge in [-0.25, -0.2) is 0 Å². The highest BCUT2D eigenvalue weighted by atomic mass is 35.5. The molecule has 2 rings (SSSR count). The minimum absolute atomic E-state index is 0.393. The third kappa shape index (κ3) is 3.21. The lowest BCUT2D eigenvalue weighted by molar-refractivity contribution is 0.243. The second-order valence-electron chi connectivity index (χ2n) is 5.37. The van der Waals surface area contributed by atoms with E-state index in [1.165, 1.54) is 5.56 Å². The van der Waals surface area contributed by atoms with Crippen LogP contribution in [0.15, 0.2) is 24.3 Å². The molecule has 3 N–H and O–H groups in total. The molecule has 1 fully saturated rings. The first kappa shape index (κ1) is 12.9. The Morgan fingerprint density at radius 2 is 1.82 bits per heavy atom. The van der Waals surface area contributed by atoms with E-state index in [0.717, 1.165) is 17.9 Å². The fourth-order valence-electron chi connectivity index (χ4n) is 2.40. The van der Waals surface area contributed by atoms with Crippen molar-refractivity contribution in [2.24, 2.45) is 11.7 Å². The molecule has 1 aliphatic carbocycles. The van der Waals surface area contributed by atoms with Crippen LogP contribution >= 0.6 is 11.6 Å². The zero-order valence-electron chi connectivity index (χ0n) is 10.5. The van der Waals surface area contributed by atoms with E-state index in [1.54, 1.807) is 0 Å². The maximum Gasteiger partial charge on any atom is 0.0406 e. The van der Waals surface area contributed by atoms with Crippen molar-refractivity contribution >= 4 is 11.6 Å². The minimum Gasteiger partial charge on any atom is -0.328 e. The Bertz CT molecular complexity index is 355. The molecule has 17 heavy (non-hydrogen) atoms. The second kappa shape index (κ2) is 5.38. The summed E-state index contributed by atoms with van der Waals surface area (Å²) in [4.78, 5) is 0. The third-order valence-electron chi connectivity index (χ3n) is 3.49. The van der Waals surface area contributed by atoms with Crippen molar-refractivity contribution in [2.45, 2.75) is 44.8 Å². The average molecular weight is 253 g/mol. The van der Waals surface area contributed by atoms with Crippen molar-refractivity contribution in [2.75, 3.05) is 0 Å². The fraction of sp³-hybridized carbons (Fsp3) is 0.571. The van der Waals surface area contributed by atoms with Gasteiger partial charge in [0.05, 0.1) is 0 Å². The molecule has 94 valence electrons. The van der Waals surface area contributed by atoms with Crippen LogP contribution in [0.3, 0.4) is 0 Å². The summed E-state index contributed by atoms with van der Waals surface area (Å²) < 4.78 is 0. The molecule has 0 radical (unpaired) electrons. The van der Waals surface area contributed by atoms with Crippen LogP contribution in [-0.4, -0.2) is 12.1 Å². The maximum atomic E-state index is 5.92. The Kier molecular flexibility index (Phi) is 4.08. The second-order valence-corrected chi connectivity index (χ2v) is 5.80. The van der Waals surface area contributed by atoms with Gasteiger partial charge in [-0.05, 0) is 36.5 Å². The Balaban J connectivity index is 2.04. The Labute approximate surface area is 109 Å². The molecular weight excluding hydrogens is 232 g/mol. The molecule has 1 saturated carbocycles. The molecule has 1 unspecified atom stereocenters. The van der Waals surface area contributed by atoms with Crippen molar-refractivity contribution in [1.29, 1.82) is 0 Å². The molecule has 1 atom stereocenters. The van der Waals surface area contributed by atoms with E-state index in [2.05, 4.69) is 31.3 Å². The Hall–Kier alpha value is -0.570. The van der Waals surface area contributed by atoms with E-state index >= 15 is 0 Å². The van der Waals surface area contributed by atoms with Crippen LogP contribution in [0.25, 0.3) is 0 Å². The van der Waals surface area contributed by atoms with E-state index in [0.29, 0.717) is 24.0 Å². The molecular formula is C14H21ClN2. The standard InChI is InChI=1S/C14H21ClN2/c1-9(2)14(17-13-7-12(16)8-13)10-3-5-11(15)6-4-10/h3-6,9,12-14,17H,7-8,16H2,1-2H3. The molecule has 0 amide bonds. The number of halogens is 1. The fourth-order valence-corrected chi connectivity index (χ4v) is 2.52. The summed E-state index contributed by atoms with van der Waals surface area (Å²) in [5.41, 5.74) is 7.13. The highest BCUT2D eigenvalue weighted by Gasteiger charge is 2.29. The van der Waals surface area contributed by atoms with Gasteiger partial charge in [0, 0.05) is 23.1 Å². The van der Waals surface area contributed by atoms with Gasteiger partial charge in [-0.15, -0.1) is 0 Å². The molecule has 1 aromatic rings. The monoisotopic (exact) mass is 252 g/mol. The van der Waals surface area contributed by atoms with E-state index in [4.69, 9.17) is 17.3 Å². The summed E-state index contributed by atoms with van der Waals surface area (Å²) in [7, 11) is 0. The van der Waals surface area contributed by atoms with Gasteiger partial charge in [0.1, 0.15) is 0 Å². The molecule has 0 aromatic heterocycles. The van der Waals surface area contributed by atoms with Crippen molar-refractivity contribution in [3.05, 3.63) is 34.9 Å². The summed E-state index contributed by atoms with van der Waals surface area (Å²) in [6.07, 6.45) is 2.19. The summed E-state index contributed by atoms with van der Waals surface area (Å²) in [5, 5.41) is 4.49. The lowest BCUT2D eigenvalue weighted by Gasteiger charge is -2.37. The van der Waals surface area contributed by atoms with Crippen LogP contribution in [0.2, 0.25) is 5.02 Å². The number of nitrogens with two attached hydrogens (primary N) is 1. The molecule has 2 nitrogen and oxygen atoms in total. The number of nitrogens with one attached hydrogen (secondary N) is 1. The zero-order valence-corrected chi connectivity index (χ0v) is 11.2. The first-order valence-electron chi connectivity index (χ1n) is 6.33. The van der Waals surface area contributed by atoms with Gasteiger partial charge in [-0.2, -0.15) is 0 Å². The van der Waals surface area contributed by atoms with Gasteiger partial charge >= 0.3 is 0 Å². The summed E-state index contributed by atoms with van der Waals surface area (Å²) >= 11 is 5.92. The van der Waals surface area contributed by atoms with Gasteiger partial charge in [-0.3, -0.25) is 0 Å². The highest BCUT2D eigenvalue weighted by Crippen LogP contribution is 2.27. The molecule has 1 aromatic carbocycles. The van der Waals surface area contributed by atoms with Crippen LogP contribution in [0.1, 0.15) is 38.3 Å². The molecule has 3 heteroatoms. The topological polar surface area (TPSA) is 38.0 Å². The van der Waals surface area contributed by atoms with Crippen LogP contribution in [0, 0.1) is 5.92 Å². The predicted molar refractivity (Wildman–Crippen MR) is 73.2 cm³/mol. The molecule has 0 saturated heterocycles. The molecule has 0 aliphatic heterocycles. The predicted octanol–water partition coefficient (Wildman–Crippen LogP) is 3.12. The molecule has 0 spiro atoms. The van der Waals surface area contributed by atoms with Crippen LogP contribution in [0.4, 0.5) is 0 Å². The van der Waals surface area contributed by atoms with Crippen LogP contribution < -0.4 is 11.1 Å². The Morgan fingerprint density at radius 1 is 1.24 bits per heavy atom. The first-order chi connectivity index (χ1) is 8.06. The quantitative estimate of drug-likeness (QED) is 0.864. The van der Waals surface area contributed by atoms with Crippen molar-refractivity contribution in [3.8, 4) is 0 Å². The van der Waals surface area contributed by atoms with Gasteiger partial charge in [0.25, 0.3) is 0 Å². The lowest BCUT2D eigenvalue weighted by Crippen LogP contribution is -2.50. The molecule has 1 aliphatic rings. The van der Waals surface area contributed by atoms with Gasteiger partial charge in [0.2, 0.25) is 0 Å². The number of rotatable bonds is 4. The first-order valence-corrected chi connectivity index (χ1v) is 6.71. The highest BCUT2D eigenvalue weighted by molar-refractivity contribution is 6.30. The Morgan fingerprint density at radius 3 is 2.29 bits per heavy atom. The largest absolute Gasteiger partial charge is 0.328 e. The zero-order chi connectivity index (χ0) is 12.4. The number of hydrogen-bond acceptors (Lipinski definition) is 2. The lowest BCUT2D eigenvalue weighted by atomic mass is 9.85. The SMILES string of the molecule is CC(C)C(NC1CC(N)C1)c1ccc(Cl)cc1. The number of benzene rings is 1. The van der Waals surface area contributed by atoms with E-state index < -0.39 is 0 Å². The maximum absolute atomic E-state index is 5.92. The smallest absolute Gasteiger partial charge is 0.0406 e. The van der Waals surface area contributed by atoms with E-state index in [-0.39, 0.29) is 0 Å². The molecule has 0 bridgehead atoms. The van der Waals surface area contributed by atoms with Gasteiger partial charge in [-0.1, -0.05) is 37.6 Å². The van der Waals surface area contributed by atoms with Crippen molar-refractivity contribution in [3.63, 3.8) is 0 Å². The normalized spacial score (nSPS) is 25.7. The number of hydrogen-bond donors (Lipinski definition) is 2. The van der Waals surface area contributed by atoms with Crippen molar-refractivity contribution in [1.82, 2.24) is 5.32 Å². The summed E-state index contributed by atoms with van der Waals surface area (Å²) in [5.74, 6) is 0.563. The van der Waals surface area contributed by atoms with Gasteiger partial charge < -0.3 is 11.1 Å². The molecule has 0 heterocycles. The summed E-state index contributed by atoms with van der Waals surface area (Å²) in [6, 6.07) is 9.50.